The second kappa shape index (κ2) is 7.96. The van der Waals surface area contributed by atoms with Crippen molar-refractivity contribution in [2.45, 2.75) is 19.8 Å². The molecule has 0 spiro atoms. The normalized spacial score (nSPS) is 11.4. The Morgan fingerprint density at radius 2 is 2.06 bits per heavy atom. The Kier molecular flexibility index (Phi) is 6.95. The Balaban J connectivity index is 2.40. The monoisotopic (exact) mass is 382 g/mol. The molecule has 0 fully saturated rings. The van der Waals surface area contributed by atoms with Crippen molar-refractivity contribution in [1.29, 1.82) is 0 Å². The summed E-state index contributed by atoms with van der Waals surface area (Å²) in [4.78, 5) is 0. The van der Waals surface area contributed by atoms with Crippen LogP contribution in [-0.4, -0.2) is 27.3 Å². The molecule has 1 aromatic carbocycles. The summed E-state index contributed by atoms with van der Waals surface area (Å²) in [5.74, 6) is 0.171. The highest BCUT2D eigenvalue weighted by atomic mass is 127. The average molecular weight is 382 g/mol. The Hall–Kier alpha value is -0.340. The van der Waals surface area contributed by atoms with Crippen molar-refractivity contribution in [3.63, 3.8) is 0 Å². The zero-order valence-corrected chi connectivity index (χ0v) is 13.4. The summed E-state index contributed by atoms with van der Waals surface area (Å²) < 4.78 is 27.2. The van der Waals surface area contributed by atoms with E-state index in [1.165, 1.54) is 0 Å². The second-order valence-electron chi connectivity index (χ2n) is 3.99. The van der Waals surface area contributed by atoms with Gasteiger partial charge in [0, 0.05) is 9.26 Å². The molecule has 4 nitrogen and oxygen atoms in total. The first-order valence-electron chi connectivity index (χ1n) is 6.00. The number of halogens is 1. The molecule has 1 rings (SSSR count). The highest BCUT2D eigenvalue weighted by Crippen LogP contribution is 2.14. The molecule has 0 saturated heterocycles. The summed E-state index contributed by atoms with van der Waals surface area (Å²) in [6.45, 7) is 3.83. The van der Waals surface area contributed by atoms with Crippen LogP contribution in [0, 0.1) is 3.57 Å². The highest BCUT2D eigenvalue weighted by Gasteiger charge is 2.09. The third-order valence-corrected chi connectivity index (χ3v) is 4.41. The van der Waals surface area contributed by atoms with Gasteiger partial charge in [-0.3, -0.25) is 4.72 Å². The van der Waals surface area contributed by atoms with E-state index in [0.29, 0.717) is 12.1 Å². The Bertz CT molecular complexity index is 463. The highest BCUT2D eigenvalue weighted by molar-refractivity contribution is 14.1. The lowest BCUT2D eigenvalue weighted by atomic mass is 10.3. The van der Waals surface area contributed by atoms with E-state index in [1.807, 2.05) is 25.1 Å². The number of sulfonamides is 1. The molecular weight excluding hydrogens is 363 g/mol. The van der Waals surface area contributed by atoms with Crippen LogP contribution in [-0.2, 0) is 10.0 Å². The Morgan fingerprint density at radius 3 is 2.72 bits per heavy atom. The molecule has 2 N–H and O–H groups in total. The van der Waals surface area contributed by atoms with E-state index in [4.69, 9.17) is 0 Å². The molecule has 1 aromatic rings. The van der Waals surface area contributed by atoms with Crippen molar-refractivity contribution in [3.05, 3.63) is 27.8 Å². The fraction of sp³-hybridized carbons (Fsp3) is 0.500. The van der Waals surface area contributed by atoms with Crippen molar-refractivity contribution in [2.24, 2.45) is 0 Å². The van der Waals surface area contributed by atoms with E-state index in [-0.39, 0.29) is 5.75 Å². The SMILES string of the molecule is CCNCCCCS(=O)(=O)Nc1cccc(I)c1. The quantitative estimate of drug-likeness (QED) is 0.536. The average Bonchev–Trinajstić information content (AvgIpc) is 2.28. The van der Waals surface area contributed by atoms with Crippen molar-refractivity contribution in [3.8, 4) is 0 Å². The van der Waals surface area contributed by atoms with Crippen LogP contribution >= 0.6 is 22.6 Å². The van der Waals surface area contributed by atoms with Gasteiger partial charge in [0.25, 0.3) is 0 Å². The maximum absolute atomic E-state index is 11.8. The molecule has 18 heavy (non-hydrogen) atoms. The van der Waals surface area contributed by atoms with E-state index in [2.05, 4.69) is 32.6 Å². The molecule has 0 aliphatic carbocycles. The fourth-order valence-corrected chi connectivity index (χ4v) is 3.22. The van der Waals surface area contributed by atoms with Gasteiger partial charge in [0.1, 0.15) is 0 Å². The molecule has 0 unspecified atom stereocenters. The first-order valence-corrected chi connectivity index (χ1v) is 8.73. The van der Waals surface area contributed by atoms with Crippen molar-refractivity contribution >= 4 is 38.3 Å². The first-order chi connectivity index (χ1) is 8.53. The van der Waals surface area contributed by atoms with Gasteiger partial charge in [0.15, 0.2) is 0 Å². The van der Waals surface area contributed by atoms with Crippen LogP contribution in [0.4, 0.5) is 5.69 Å². The number of rotatable bonds is 8. The third-order valence-electron chi connectivity index (χ3n) is 2.36. The van der Waals surface area contributed by atoms with E-state index in [1.54, 1.807) is 6.07 Å². The van der Waals surface area contributed by atoms with E-state index in [0.717, 1.165) is 23.1 Å². The smallest absolute Gasteiger partial charge is 0.232 e. The summed E-state index contributed by atoms with van der Waals surface area (Å²) in [6.07, 6.45) is 1.55. The minimum Gasteiger partial charge on any atom is -0.317 e. The van der Waals surface area contributed by atoms with Gasteiger partial charge in [0.05, 0.1) is 5.75 Å². The molecule has 0 bridgehead atoms. The number of nitrogens with one attached hydrogen (secondary N) is 2. The molecule has 102 valence electrons. The van der Waals surface area contributed by atoms with E-state index in [9.17, 15) is 8.42 Å². The summed E-state index contributed by atoms with van der Waals surface area (Å²) in [6, 6.07) is 7.34. The maximum Gasteiger partial charge on any atom is 0.232 e. The van der Waals surface area contributed by atoms with Gasteiger partial charge in [-0.15, -0.1) is 0 Å². The van der Waals surface area contributed by atoms with Gasteiger partial charge < -0.3 is 5.32 Å². The summed E-state index contributed by atoms with van der Waals surface area (Å²) in [5, 5.41) is 3.18. The van der Waals surface area contributed by atoms with Gasteiger partial charge in [0.2, 0.25) is 10.0 Å². The minimum atomic E-state index is -3.22. The molecule has 0 saturated carbocycles. The number of anilines is 1. The van der Waals surface area contributed by atoms with Crippen LogP contribution in [0.5, 0.6) is 0 Å². The van der Waals surface area contributed by atoms with Gasteiger partial charge in [-0.1, -0.05) is 13.0 Å². The van der Waals surface area contributed by atoms with Crippen LogP contribution in [0.15, 0.2) is 24.3 Å². The molecule has 0 aliphatic heterocycles. The van der Waals surface area contributed by atoms with Gasteiger partial charge in [-0.25, -0.2) is 8.42 Å². The molecule has 0 heterocycles. The van der Waals surface area contributed by atoms with Crippen LogP contribution in [0.2, 0.25) is 0 Å². The summed E-state index contributed by atoms with van der Waals surface area (Å²) in [5.41, 5.74) is 0.633. The Morgan fingerprint density at radius 1 is 1.28 bits per heavy atom. The van der Waals surface area contributed by atoms with E-state index < -0.39 is 10.0 Å². The fourth-order valence-electron chi connectivity index (χ4n) is 1.50. The summed E-state index contributed by atoms with van der Waals surface area (Å²) in [7, 11) is -3.22. The zero-order valence-electron chi connectivity index (χ0n) is 10.4. The third kappa shape index (κ3) is 6.55. The Labute approximate surface area is 123 Å². The lowest BCUT2D eigenvalue weighted by Crippen LogP contribution is -2.19. The van der Waals surface area contributed by atoms with Crippen molar-refractivity contribution in [2.75, 3.05) is 23.6 Å². The molecule has 6 heteroatoms. The van der Waals surface area contributed by atoms with Crippen LogP contribution in [0.3, 0.4) is 0 Å². The van der Waals surface area contributed by atoms with Gasteiger partial charge >= 0.3 is 0 Å². The van der Waals surface area contributed by atoms with Crippen molar-refractivity contribution in [1.82, 2.24) is 5.32 Å². The standard InChI is InChI=1S/C12H19IN2O2S/c1-2-14-8-3-4-9-18(16,17)15-12-7-5-6-11(13)10-12/h5-7,10,14-15H,2-4,8-9H2,1H3. The topological polar surface area (TPSA) is 58.2 Å². The number of hydrogen-bond acceptors (Lipinski definition) is 3. The number of unbranched alkanes of at least 4 members (excludes halogenated alkanes) is 1. The molecule has 0 aromatic heterocycles. The molecule has 0 radical (unpaired) electrons. The van der Waals surface area contributed by atoms with Gasteiger partial charge in [-0.2, -0.15) is 0 Å². The number of benzene rings is 1. The van der Waals surface area contributed by atoms with Crippen molar-refractivity contribution < 1.29 is 8.42 Å². The summed E-state index contributed by atoms with van der Waals surface area (Å²) >= 11 is 2.16. The van der Waals surface area contributed by atoms with Crippen LogP contribution in [0.1, 0.15) is 19.8 Å². The first kappa shape index (κ1) is 15.7. The second-order valence-corrected chi connectivity index (χ2v) is 7.08. The lowest BCUT2D eigenvalue weighted by Gasteiger charge is -2.08. The van der Waals surface area contributed by atoms with E-state index >= 15 is 0 Å². The lowest BCUT2D eigenvalue weighted by molar-refractivity contribution is 0.593. The molecule has 0 aliphatic rings. The van der Waals surface area contributed by atoms with Crippen LogP contribution < -0.4 is 10.0 Å². The van der Waals surface area contributed by atoms with Crippen LogP contribution in [0.25, 0.3) is 0 Å². The number of hydrogen-bond donors (Lipinski definition) is 2. The maximum atomic E-state index is 11.8. The predicted octanol–water partition coefficient (Wildman–Crippen LogP) is 2.42. The molecule has 0 atom stereocenters. The molecular formula is C12H19IN2O2S. The minimum absolute atomic E-state index is 0.171. The largest absolute Gasteiger partial charge is 0.317 e. The molecule has 0 amide bonds. The van der Waals surface area contributed by atoms with Gasteiger partial charge in [-0.05, 0) is 66.7 Å². The zero-order chi connectivity index (χ0) is 13.4. The predicted molar refractivity (Wildman–Crippen MR) is 84.3 cm³/mol.